The molecule has 0 unspecified atom stereocenters. The van der Waals surface area contributed by atoms with Crippen LogP contribution in [0, 0.1) is 0 Å². The molecule has 21 heavy (non-hydrogen) atoms. The second-order valence-corrected chi connectivity index (χ2v) is 4.74. The fourth-order valence-electron chi connectivity index (χ4n) is 1.89. The highest BCUT2D eigenvalue weighted by Crippen LogP contribution is 2.26. The lowest BCUT2D eigenvalue weighted by molar-refractivity contribution is 0.210. The van der Waals surface area contributed by atoms with E-state index in [2.05, 4.69) is 0 Å². The molecule has 2 aromatic rings. The Kier molecular flexibility index (Phi) is 5.72. The van der Waals surface area contributed by atoms with Crippen LogP contribution < -0.4 is 19.9 Å². The fourth-order valence-corrected chi connectivity index (χ4v) is 2.08. The van der Waals surface area contributed by atoms with Crippen LogP contribution in [0.3, 0.4) is 0 Å². The van der Waals surface area contributed by atoms with Crippen LogP contribution in [-0.4, -0.2) is 20.3 Å². The molecule has 0 aliphatic heterocycles. The lowest BCUT2D eigenvalue weighted by Gasteiger charge is -2.13. The third-order valence-corrected chi connectivity index (χ3v) is 3.15. The van der Waals surface area contributed by atoms with Crippen molar-refractivity contribution in [2.45, 2.75) is 6.54 Å². The van der Waals surface area contributed by atoms with Gasteiger partial charge in [-0.05, 0) is 30.3 Å². The van der Waals surface area contributed by atoms with Crippen molar-refractivity contribution >= 4 is 11.6 Å². The van der Waals surface area contributed by atoms with Crippen molar-refractivity contribution in [3.63, 3.8) is 0 Å². The van der Waals surface area contributed by atoms with E-state index in [1.54, 1.807) is 19.2 Å². The van der Waals surface area contributed by atoms with Crippen LogP contribution in [0.1, 0.15) is 5.56 Å². The average Bonchev–Trinajstić information content (AvgIpc) is 2.52. The summed E-state index contributed by atoms with van der Waals surface area (Å²) in [5.74, 6) is 2.12. The first-order valence-electron chi connectivity index (χ1n) is 6.61. The molecule has 2 rings (SSSR count). The second kappa shape index (κ2) is 7.76. The van der Waals surface area contributed by atoms with Crippen LogP contribution in [0.25, 0.3) is 0 Å². The number of halogens is 1. The van der Waals surface area contributed by atoms with Gasteiger partial charge in [0.1, 0.15) is 19.0 Å². The molecule has 0 fully saturated rings. The van der Waals surface area contributed by atoms with Crippen LogP contribution in [0.5, 0.6) is 17.2 Å². The minimum atomic E-state index is 0.378. The third-order valence-electron chi connectivity index (χ3n) is 2.91. The summed E-state index contributed by atoms with van der Waals surface area (Å²) in [4.78, 5) is 0. The molecule has 0 bridgehead atoms. The number of ether oxygens (including phenoxy) is 3. The van der Waals surface area contributed by atoms with Crippen molar-refractivity contribution in [3.05, 3.63) is 53.1 Å². The van der Waals surface area contributed by atoms with Crippen molar-refractivity contribution in [3.8, 4) is 17.2 Å². The molecule has 0 aliphatic carbocycles. The number of para-hydroxylation sites is 2. The molecule has 2 N–H and O–H groups in total. The first-order chi connectivity index (χ1) is 10.2. The van der Waals surface area contributed by atoms with E-state index >= 15 is 0 Å². The molecule has 2 aromatic carbocycles. The molecule has 0 heterocycles. The smallest absolute Gasteiger partial charge is 0.161 e. The molecule has 4 nitrogen and oxygen atoms in total. The Morgan fingerprint density at radius 2 is 1.62 bits per heavy atom. The van der Waals surface area contributed by atoms with E-state index in [-0.39, 0.29) is 0 Å². The molecule has 112 valence electrons. The van der Waals surface area contributed by atoms with Gasteiger partial charge in [-0.1, -0.05) is 23.7 Å². The van der Waals surface area contributed by atoms with Crippen LogP contribution in [-0.2, 0) is 6.54 Å². The van der Waals surface area contributed by atoms with Crippen molar-refractivity contribution in [2.75, 3.05) is 20.3 Å². The van der Waals surface area contributed by atoms with Crippen molar-refractivity contribution in [1.82, 2.24) is 0 Å². The summed E-state index contributed by atoms with van der Waals surface area (Å²) in [6, 6.07) is 12.9. The second-order valence-electron chi connectivity index (χ2n) is 4.30. The Bertz CT molecular complexity index is 589. The summed E-state index contributed by atoms with van der Waals surface area (Å²) in [6.45, 7) is 1.20. The Morgan fingerprint density at radius 3 is 2.29 bits per heavy atom. The molecule has 0 saturated heterocycles. The van der Waals surface area contributed by atoms with E-state index in [1.165, 1.54) is 0 Å². The predicted molar refractivity (Wildman–Crippen MR) is 83.3 cm³/mol. The molecular weight excluding hydrogens is 290 g/mol. The maximum Gasteiger partial charge on any atom is 0.161 e. The molecule has 0 aliphatic rings. The normalized spacial score (nSPS) is 10.2. The number of hydrogen-bond acceptors (Lipinski definition) is 4. The number of methoxy groups -OCH3 is 1. The summed E-state index contributed by atoms with van der Waals surface area (Å²) in [5, 5.41) is 0.646. The lowest BCUT2D eigenvalue weighted by atomic mass is 10.2. The quantitative estimate of drug-likeness (QED) is 0.798. The SMILES string of the molecule is COc1ccccc1OCCOc1ccc(Cl)cc1CN. The molecular formula is C16H18ClNO3. The average molecular weight is 308 g/mol. The number of hydrogen-bond donors (Lipinski definition) is 1. The van der Waals surface area contributed by atoms with E-state index in [4.69, 9.17) is 31.5 Å². The summed E-state index contributed by atoms with van der Waals surface area (Å²) in [5.41, 5.74) is 6.54. The summed E-state index contributed by atoms with van der Waals surface area (Å²) >= 11 is 5.92. The largest absolute Gasteiger partial charge is 0.493 e. The van der Waals surface area contributed by atoms with Gasteiger partial charge in [-0.25, -0.2) is 0 Å². The highest BCUT2D eigenvalue weighted by molar-refractivity contribution is 6.30. The van der Waals surface area contributed by atoms with Gasteiger partial charge in [0.15, 0.2) is 11.5 Å². The molecule has 0 saturated carbocycles. The summed E-state index contributed by atoms with van der Waals surface area (Å²) < 4.78 is 16.5. The number of benzene rings is 2. The Hall–Kier alpha value is -1.91. The Labute approximate surface area is 129 Å². The van der Waals surface area contributed by atoms with Crippen molar-refractivity contribution in [2.24, 2.45) is 5.73 Å². The van der Waals surface area contributed by atoms with Gasteiger partial charge >= 0.3 is 0 Å². The zero-order valence-corrected chi connectivity index (χ0v) is 12.6. The number of rotatable bonds is 7. The summed E-state index contributed by atoms with van der Waals surface area (Å²) in [7, 11) is 1.61. The van der Waals surface area contributed by atoms with E-state index < -0.39 is 0 Å². The highest BCUT2D eigenvalue weighted by Gasteiger charge is 2.05. The molecule has 0 radical (unpaired) electrons. The van der Waals surface area contributed by atoms with E-state index in [1.807, 2.05) is 30.3 Å². The van der Waals surface area contributed by atoms with Gasteiger partial charge in [-0.2, -0.15) is 0 Å². The van der Waals surface area contributed by atoms with Gasteiger partial charge < -0.3 is 19.9 Å². The fraction of sp³-hybridized carbons (Fsp3) is 0.250. The first kappa shape index (κ1) is 15.5. The van der Waals surface area contributed by atoms with Gasteiger partial charge in [0.25, 0.3) is 0 Å². The molecule has 0 atom stereocenters. The molecule has 0 aromatic heterocycles. The predicted octanol–water partition coefficient (Wildman–Crippen LogP) is 3.27. The zero-order chi connectivity index (χ0) is 15.1. The van der Waals surface area contributed by atoms with Gasteiger partial charge in [-0.3, -0.25) is 0 Å². The highest BCUT2D eigenvalue weighted by atomic mass is 35.5. The zero-order valence-electron chi connectivity index (χ0n) is 11.8. The van der Waals surface area contributed by atoms with Gasteiger partial charge in [0, 0.05) is 17.1 Å². The van der Waals surface area contributed by atoms with Crippen molar-refractivity contribution < 1.29 is 14.2 Å². The van der Waals surface area contributed by atoms with Crippen LogP contribution in [0.2, 0.25) is 5.02 Å². The van der Waals surface area contributed by atoms with Crippen LogP contribution in [0.15, 0.2) is 42.5 Å². The lowest BCUT2D eigenvalue weighted by Crippen LogP contribution is -2.11. The van der Waals surface area contributed by atoms with Gasteiger partial charge in [0.05, 0.1) is 7.11 Å². The minimum Gasteiger partial charge on any atom is -0.493 e. The van der Waals surface area contributed by atoms with Gasteiger partial charge in [-0.15, -0.1) is 0 Å². The molecule has 5 heteroatoms. The first-order valence-corrected chi connectivity index (χ1v) is 6.99. The van der Waals surface area contributed by atoms with E-state index in [0.717, 1.165) is 11.3 Å². The van der Waals surface area contributed by atoms with Crippen molar-refractivity contribution in [1.29, 1.82) is 0 Å². The Morgan fingerprint density at radius 1 is 0.952 bits per heavy atom. The topological polar surface area (TPSA) is 53.7 Å². The minimum absolute atomic E-state index is 0.378. The van der Waals surface area contributed by atoms with E-state index in [0.29, 0.717) is 36.3 Å². The third kappa shape index (κ3) is 4.28. The summed E-state index contributed by atoms with van der Waals surface area (Å²) in [6.07, 6.45) is 0. The maximum atomic E-state index is 5.92. The number of nitrogens with two attached hydrogens (primary N) is 1. The monoisotopic (exact) mass is 307 g/mol. The van der Waals surface area contributed by atoms with Gasteiger partial charge in [0.2, 0.25) is 0 Å². The van der Waals surface area contributed by atoms with Crippen LogP contribution in [0.4, 0.5) is 0 Å². The Balaban J connectivity index is 1.87. The van der Waals surface area contributed by atoms with E-state index in [9.17, 15) is 0 Å². The maximum absolute atomic E-state index is 5.92. The molecule has 0 spiro atoms. The van der Waals surface area contributed by atoms with Crippen LogP contribution >= 0.6 is 11.6 Å². The molecule has 0 amide bonds. The standard InChI is InChI=1S/C16H18ClNO3/c1-19-15-4-2-3-5-16(15)21-9-8-20-14-7-6-13(17)10-12(14)11-18/h2-7,10H,8-9,11,18H2,1H3.